The van der Waals surface area contributed by atoms with E-state index >= 15 is 0 Å². The molecular weight excluding hydrogens is 324 g/mol. The Morgan fingerprint density at radius 3 is 2.23 bits per heavy atom. The smallest absolute Gasteiger partial charge is 0.344 e. The van der Waals surface area contributed by atoms with Gasteiger partial charge in [0, 0.05) is 6.07 Å². The number of benzene rings is 2. The number of esters is 1. The van der Waals surface area contributed by atoms with Crippen LogP contribution in [0.5, 0.6) is 5.88 Å². The molecular formula is C22H24N2O2. The number of carbonyl (C=O) groups excluding carboxylic acids is 1. The third kappa shape index (κ3) is 3.69. The van der Waals surface area contributed by atoms with E-state index in [0.29, 0.717) is 11.4 Å². The van der Waals surface area contributed by atoms with Gasteiger partial charge < -0.3 is 4.74 Å². The van der Waals surface area contributed by atoms with Crippen LogP contribution in [-0.2, 0) is 0 Å². The molecule has 0 bridgehead atoms. The number of hydrogen-bond acceptors (Lipinski definition) is 3. The lowest BCUT2D eigenvalue weighted by Crippen LogP contribution is -2.12. The lowest BCUT2D eigenvalue weighted by molar-refractivity contribution is 0.0723. The number of carbonyl (C=O) groups is 1. The second-order valence-corrected chi connectivity index (χ2v) is 7.02. The highest BCUT2D eigenvalue weighted by atomic mass is 16.5. The van der Waals surface area contributed by atoms with Gasteiger partial charge in [-0.05, 0) is 50.5 Å². The molecule has 0 atom stereocenters. The monoisotopic (exact) mass is 348 g/mol. The summed E-state index contributed by atoms with van der Waals surface area (Å²) < 4.78 is 7.42. The highest BCUT2D eigenvalue weighted by molar-refractivity contribution is 5.91. The van der Waals surface area contributed by atoms with Crippen molar-refractivity contribution in [1.82, 2.24) is 9.78 Å². The standard InChI is InChI=1S/C22H24N2O2/c1-14(2)19-13-21(26-22(25)18-9-6-15(3)7-10-18)24(23-19)20-11-8-16(4)12-17(20)5/h6-14H,1-5H3. The zero-order valence-electron chi connectivity index (χ0n) is 15.9. The van der Waals surface area contributed by atoms with E-state index in [0.717, 1.165) is 22.5 Å². The predicted molar refractivity (Wildman–Crippen MR) is 103 cm³/mol. The molecule has 0 N–H and O–H groups in total. The first-order chi connectivity index (χ1) is 12.3. The fourth-order valence-electron chi connectivity index (χ4n) is 2.80. The number of rotatable bonds is 4. The van der Waals surface area contributed by atoms with E-state index < -0.39 is 0 Å². The fourth-order valence-corrected chi connectivity index (χ4v) is 2.80. The fraction of sp³-hybridized carbons (Fsp3) is 0.273. The van der Waals surface area contributed by atoms with Gasteiger partial charge in [0.2, 0.25) is 5.88 Å². The maximum Gasteiger partial charge on any atom is 0.344 e. The Labute approximate surface area is 154 Å². The summed E-state index contributed by atoms with van der Waals surface area (Å²) in [7, 11) is 0. The molecule has 1 aromatic heterocycles. The summed E-state index contributed by atoms with van der Waals surface area (Å²) in [4.78, 5) is 12.6. The Balaban J connectivity index is 2.00. The maximum absolute atomic E-state index is 12.6. The number of hydrogen-bond donors (Lipinski definition) is 0. The van der Waals surface area contributed by atoms with Gasteiger partial charge in [0.05, 0.1) is 16.9 Å². The summed E-state index contributed by atoms with van der Waals surface area (Å²) in [5, 5.41) is 4.67. The molecule has 0 saturated heterocycles. The SMILES string of the molecule is Cc1ccc(C(=O)Oc2cc(C(C)C)nn2-c2ccc(C)cc2C)cc1. The van der Waals surface area contributed by atoms with Crippen LogP contribution in [0.4, 0.5) is 0 Å². The summed E-state index contributed by atoms with van der Waals surface area (Å²) in [6, 6.07) is 15.3. The van der Waals surface area contributed by atoms with Gasteiger partial charge in [-0.2, -0.15) is 5.10 Å². The summed E-state index contributed by atoms with van der Waals surface area (Å²) in [5.74, 6) is 0.288. The third-order valence-corrected chi connectivity index (χ3v) is 4.35. The van der Waals surface area contributed by atoms with Gasteiger partial charge in [-0.15, -0.1) is 0 Å². The van der Waals surface area contributed by atoms with Crippen LogP contribution in [0.3, 0.4) is 0 Å². The minimum atomic E-state index is -0.383. The Morgan fingerprint density at radius 2 is 1.62 bits per heavy atom. The molecule has 0 saturated carbocycles. The van der Waals surface area contributed by atoms with E-state index in [2.05, 4.69) is 31.9 Å². The van der Waals surface area contributed by atoms with Gasteiger partial charge in [0.25, 0.3) is 0 Å². The first-order valence-corrected chi connectivity index (χ1v) is 8.81. The van der Waals surface area contributed by atoms with E-state index in [4.69, 9.17) is 4.74 Å². The molecule has 0 unspecified atom stereocenters. The van der Waals surface area contributed by atoms with Crippen LogP contribution in [0, 0.1) is 20.8 Å². The van der Waals surface area contributed by atoms with Gasteiger partial charge in [-0.1, -0.05) is 49.2 Å². The molecule has 0 fully saturated rings. The van der Waals surface area contributed by atoms with Crippen molar-refractivity contribution >= 4 is 5.97 Å². The highest BCUT2D eigenvalue weighted by Crippen LogP contribution is 2.26. The molecule has 134 valence electrons. The number of aromatic nitrogens is 2. The first kappa shape index (κ1) is 17.9. The minimum Gasteiger partial charge on any atom is -0.404 e. The molecule has 4 nitrogen and oxygen atoms in total. The molecule has 0 radical (unpaired) electrons. The van der Waals surface area contributed by atoms with Crippen molar-refractivity contribution < 1.29 is 9.53 Å². The van der Waals surface area contributed by atoms with Gasteiger partial charge >= 0.3 is 5.97 Å². The Bertz CT molecular complexity index is 937. The van der Waals surface area contributed by atoms with Gasteiger partial charge in [-0.25, -0.2) is 9.48 Å². The van der Waals surface area contributed by atoms with Crippen molar-refractivity contribution in [3.63, 3.8) is 0 Å². The molecule has 26 heavy (non-hydrogen) atoms. The first-order valence-electron chi connectivity index (χ1n) is 8.81. The normalized spacial score (nSPS) is 11.0. The van der Waals surface area contributed by atoms with Crippen molar-refractivity contribution in [3.05, 3.63) is 76.5 Å². The van der Waals surface area contributed by atoms with E-state index in [1.54, 1.807) is 16.8 Å². The highest BCUT2D eigenvalue weighted by Gasteiger charge is 2.18. The van der Waals surface area contributed by atoms with Gasteiger partial charge in [0.15, 0.2) is 0 Å². The molecule has 1 heterocycles. The lowest BCUT2D eigenvalue weighted by Gasteiger charge is -2.11. The van der Waals surface area contributed by atoms with Crippen molar-refractivity contribution in [2.75, 3.05) is 0 Å². The zero-order chi connectivity index (χ0) is 18.8. The summed E-state index contributed by atoms with van der Waals surface area (Å²) in [5.41, 5.74) is 5.68. The number of nitrogens with zero attached hydrogens (tertiary/aromatic N) is 2. The molecule has 4 heteroatoms. The van der Waals surface area contributed by atoms with Crippen LogP contribution >= 0.6 is 0 Å². The van der Waals surface area contributed by atoms with Crippen LogP contribution in [-0.4, -0.2) is 15.7 Å². The molecule has 0 amide bonds. The zero-order valence-corrected chi connectivity index (χ0v) is 15.9. The minimum absolute atomic E-state index is 0.235. The second kappa shape index (κ2) is 7.16. The lowest BCUT2D eigenvalue weighted by atomic mass is 10.1. The Kier molecular flexibility index (Phi) is 4.94. The molecule has 2 aromatic carbocycles. The van der Waals surface area contributed by atoms with Crippen LogP contribution < -0.4 is 4.74 Å². The summed E-state index contributed by atoms with van der Waals surface area (Å²) in [6.45, 7) is 10.2. The third-order valence-electron chi connectivity index (χ3n) is 4.35. The molecule has 0 aliphatic carbocycles. The maximum atomic E-state index is 12.6. The van der Waals surface area contributed by atoms with Crippen LogP contribution in [0.1, 0.15) is 52.5 Å². The van der Waals surface area contributed by atoms with Crippen molar-refractivity contribution in [3.8, 4) is 11.6 Å². The molecule has 0 spiro atoms. The van der Waals surface area contributed by atoms with Gasteiger partial charge in [-0.3, -0.25) is 0 Å². The quantitative estimate of drug-likeness (QED) is 0.613. The van der Waals surface area contributed by atoms with E-state index in [9.17, 15) is 4.79 Å². The molecule has 0 aliphatic heterocycles. The van der Waals surface area contributed by atoms with Crippen molar-refractivity contribution in [1.29, 1.82) is 0 Å². The van der Waals surface area contributed by atoms with E-state index in [-0.39, 0.29) is 11.9 Å². The summed E-state index contributed by atoms with van der Waals surface area (Å²) >= 11 is 0. The Morgan fingerprint density at radius 1 is 0.962 bits per heavy atom. The topological polar surface area (TPSA) is 44.1 Å². The van der Waals surface area contributed by atoms with Gasteiger partial charge in [0.1, 0.15) is 0 Å². The molecule has 0 aliphatic rings. The van der Waals surface area contributed by atoms with E-state index in [1.807, 2.05) is 44.2 Å². The number of aryl methyl sites for hydroxylation is 3. The van der Waals surface area contributed by atoms with Crippen LogP contribution in [0.2, 0.25) is 0 Å². The van der Waals surface area contributed by atoms with Crippen molar-refractivity contribution in [2.24, 2.45) is 0 Å². The van der Waals surface area contributed by atoms with Crippen LogP contribution in [0.25, 0.3) is 5.69 Å². The van der Waals surface area contributed by atoms with E-state index in [1.165, 1.54) is 5.56 Å². The predicted octanol–water partition coefficient (Wildman–Crippen LogP) is 5.14. The van der Waals surface area contributed by atoms with Crippen LogP contribution in [0.15, 0.2) is 48.5 Å². The molecule has 3 aromatic rings. The largest absolute Gasteiger partial charge is 0.404 e. The van der Waals surface area contributed by atoms with Crippen molar-refractivity contribution in [2.45, 2.75) is 40.5 Å². The average molecular weight is 348 g/mol. The second-order valence-electron chi connectivity index (χ2n) is 7.02. The molecule has 3 rings (SSSR count). The average Bonchev–Trinajstić information content (AvgIpc) is 2.99. The number of ether oxygens (including phenoxy) is 1. The summed E-state index contributed by atoms with van der Waals surface area (Å²) in [6.07, 6.45) is 0. The Hall–Kier alpha value is -2.88.